The van der Waals surface area contributed by atoms with Gasteiger partial charge in [-0.25, -0.2) is 4.79 Å². The molecule has 26 heavy (non-hydrogen) atoms. The maximum absolute atomic E-state index is 12.2. The van der Waals surface area contributed by atoms with Gasteiger partial charge in [0.05, 0.1) is 4.92 Å². The summed E-state index contributed by atoms with van der Waals surface area (Å²) in [4.78, 5) is 22.4. The van der Waals surface area contributed by atoms with E-state index in [0.29, 0.717) is 11.3 Å². The van der Waals surface area contributed by atoms with Crippen LogP contribution >= 0.6 is 0 Å². The summed E-state index contributed by atoms with van der Waals surface area (Å²) in [6.07, 6.45) is 0. The van der Waals surface area contributed by atoms with Gasteiger partial charge in [-0.05, 0) is 49.2 Å². The number of aryl methyl sites for hydroxylation is 2. The van der Waals surface area contributed by atoms with Crippen molar-refractivity contribution >= 4 is 11.7 Å². The fourth-order valence-corrected chi connectivity index (χ4v) is 2.52. The standard InChI is InChI=1S/C20H17NO5/c1-13-3-4-14(2)16(11-13)12-25-20(22)19-10-9-18(26-19)15-5-7-17(8-6-15)21(23)24/h3-11H,12H2,1-2H3. The molecule has 0 N–H and O–H groups in total. The minimum absolute atomic E-state index is 0.00605. The molecule has 0 spiro atoms. The number of nitrogens with zero attached hydrogens (tertiary/aromatic N) is 1. The van der Waals surface area contributed by atoms with E-state index in [-0.39, 0.29) is 18.1 Å². The first-order valence-corrected chi connectivity index (χ1v) is 8.02. The summed E-state index contributed by atoms with van der Waals surface area (Å²) in [5.74, 6) is -0.0266. The number of benzene rings is 2. The Labute approximate surface area is 150 Å². The molecule has 132 valence electrons. The number of hydrogen-bond acceptors (Lipinski definition) is 5. The van der Waals surface area contributed by atoms with Gasteiger partial charge in [-0.2, -0.15) is 0 Å². The number of nitro groups is 1. The second-order valence-corrected chi connectivity index (χ2v) is 5.97. The third kappa shape index (κ3) is 3.80. The lowest BCUT2D eigenvalue weighted by Gasteiger charge is -2.07. The van der Waals surface area contributed by atoms with Crippen molar-refractivity contribution in [2.24, 2.45) is 0 Å². The van der Waals surface area contributed by atoms with Crippen LogP contribution in [-0.2, 0) is 11.3 Å². The van der Waals surface area contributed by atoms with Crippen LogP contribution in [0.25, 0.3) is 11.3 Å². The molecule has 0 atom stereocenters. The molecule has 1 heterocycles. The number of ether oxygens (including phenoxy) is 1. The fourth-order valence-electron chi connectivity index (χ4n) is 2.52. The number of rotatable bonds is 5. The topological polar surface area (TPSA) is 82.6 Å². The van der Waals surface area contributed by atoms with Crippen molar-refractivity contribution in [1.82, 2.24) is 0 Å². The summed E-state index contributed by atoms with van der Waals surface area (Å²) in [7, 11) is 0. The summed E-state index contributed by atoms with van der Waals surface area (Å²) >= 11 is 0. The SMILES string of the molecule is Cc1ccc(C)c(COC(=O)c2ccc(-c3ccc([N+](=O)[O-])cc3)o2)c1. The molecule has 3 aromatic rings. The maximum Gasteiger partial charge on any atom is 0.374 e. The molecule has 0 fully saturated rings. The van der Waals surface area contributed by atoms with E-state index in [1.54, 1.807) is 18.2 Å². The number of nitro benzene ring substituents is 1. The van der Waals surface area contributed by atoms with Gasteiger partial charge in [0.25, 0.3) is 5.69 Å². The normalized spacial score (nSPS) is 10.5. The zero-order valence-electron chi connectivity index (χ0n) is 14.4. The fraction of sp³-hybridized carbons (Fsp3) is 0.150. The van der Waals surface area contributed by atoms with Gasteiger partial charge in [0, 0.05) is 17.7 Å². The van der Waals surface area contributed by atoms with Crippen LogP contribution in [0.4, 0.5) is 5.69 Å². The predicted molar refractivity (Wildman–Crippen MR) is 95.8 cm³/mol. The van der Waals surface area contributed by atoms with Crippen molar-refractivity contribution in [3.8, 4) is 11.3 Å². The predicted octanol–water partition coefficient (Wildman–Crippen LogP) is 4.83. The smallest absolute Gasteiger partial charge is 0.374 e. The molecule has 0 radical (unpaired) electrons. The zero-order valence-corrected chi connectivity index (χ0v) is 14.4. The Morgan fingerprint density at radius 3 is 2.50 bits per heavy atom. The number of non-ortho nitro benzene ring substituents is 1. The van der Waals surface area contributed by atoms with Crippen LogP contribution in [-0.4, -0.2) is 10.9 Å². The Hall–Kier alpha value is -3.41. The maximum atomic E-state index is 12.2. The minimum Gasteiger partial charge on any atom is -0.455 e. The first-order chi connectivity index (χ1) is 12.4. The van der Waals surface area contributed by atoms with Gasteiger partial charge in [-0.15, -0.1) is 0 Å². The third-order valence-corrected chi connectivity index (χ3v) is 4.03. The Morgan fingerprint density at radius 1 is 1.08 bits per heavy atom. The molecule has 0 saturated heterocycles. The minimum atomic E-state index is -0.556. The Kier molecular flexibility index (Phi) is 4.84. The molecule has 0 unspecified atom stereocenters. The molecule has 0 saturated carbocycles. The van der Waals surface area contributed by atoms with Crippen LogP contribution in [0.1, 0.15) is 27.2 Å². The van der Waals surface area contributed by atoms with E-state index < -0.39 is 10.9 Å². The lowest BCUT2D eigenvalue weighted by atomic mass is 10.1. The molecule has 0 bridgehead atoms. The largest absolute Gasteiger partial charge is 0.455 e. The highest BCUT2D eigenvalue weighted by atomic mass is 16.6. The van der Waals surface area contributed by atoms with Crippen LogP contribution in [0.15, 0.2) is 59.0 Å². The molecular weight excluding hydrogens is 334 g/mol. The van der Waals surface area contributed by atoms with Crippen molar-refractivity contribution in [3.63, 3.8) is 0 Å². The van der Waals surface area contributed by atoms with E-state index in [4.69, 9.17) is 9.15 Å². The highest BCUT2D eigenvalue weighted by molar-refractivity contribution is 5.87. The third-order valence-electron chi connectivity index (χ3n) is 4.03. The van der Waals surface area contributed by atoms with Crippen LogP contribution in [0.2, 0.25) is 0 Å². The summed E-state index contributed by atoms with van der Waals surface area (Å²) in [6, 6.07) is 15.0. The lowest BCUT2D eigenvalue weighted by Crippen LogP contribution is -2.05. The van der Waals surface area contributed by atoms with E-state index in [1.165, 1.54) is 18.2 Å². The average molecular weight is 351 g/mol. The van der Waals surface area contributed by atoms with Crippen molar-refractivity contribution in [1.29, 1.82) is 0 Å². The Bertz CT molecular complexity index is 957. The van der Waals surface area contributed by atoms with E-state index in [1.807, 2.05) is 32.0 Å². The molecule has 3 rings (SSSR count). The average Bonchev–Trinajstić information content (AvgIpc) is 3.12. The summed E-state index contributed by atoms with van der Waals surface area (Å²) in [5, 5.41) is 10.7. The Balaban J connectivity index is 1.69. The van der Waals surface area contributed by atoms with Gasteiger partial charge >= 0.3 is 5.97 Å². The number of hydrogen-bond donors (Lipinski definition) is 0. The van der Waals surface area contributed by atoms with Gasteiger partial charge in [0.2, 0.25) is 5.76 Å². The lowest BCUT2D eigenvalue weighted by molar-refractivity contribution is -0.384. The van der Waals surface area contributed by atoms with Crippen molar-refractivity contribution in [3.05, 3.63) is 87.2 Å². The molecule has 0 amide bonds. The highest BCUT2D eigenvalue weighted by Gasteiger charge is 2.15. The van der Waals surface area contributed by atoms with E-state index in [2.05, 4.69) is 0 Å². The van der Waals surface area contributed by atoms with Crippen LogP contribution in [0, 0.1) is 24.0 Å². The quantitative estimate of drug-likeness (QED) is 0.373. The van der Waals surface area contributed by atoms with Crippen molar-refractivity contribution in [2.75, 3.05) is 0 Å². The summed E-state index contributed by atoms with van der Waals surface area (Å²) in [6.45, 7) is 4.11. The molecular formula is C20H17NO5. The number of furan rings is 1. The van der Waals surface area contributed by atoms with Crippen LogP contribution in [0.5, 0.6) is 0 Å². The Morgan fingerprint density at radius 2 is 1.81 bits per heavy atom. The van der Waals surface area contributed by atoms with Gasteiger partial charge in [0.15, 0.2) is 0 Å². The molecule has 1 aromatic heterocycles. The number of carbonyl (C=O) groups excluding carboxylic acids is 1. The van der Waals surface area contributed by atoms with E-state index >= 15 is 0 Å². The van der Waals surface area contributed by atoms with Gasteiger partial charge in [-0.1, -0.05) is 23.8 Å². The highest BCUT2D eigenvalue weighted by Crippen LogP contribution is 2.25. The van der Waals surface area contributed by atoms with E-state index in [9.17, 15) is 14.9 Å². The van der Waals surface area contributed by atoms with Gasteiger partial charge in [-0.3, -0.25) is 10.1 Å². The molecule has 6 nitrogen and oxygen atoms in total. The first-order valence-electron chi connectivity index (χ1n) is 8.02. The molecule has 2 aromatic carbocycles. The molecule has 0 aliphatic rings. The molecule has 0 aliphatic carbocycles. The number of esters is 1. The second-order valence-electron chi connectivity index (χ2n) is 5.97. The summed E-state index contributed by atoms with van der Waals surface area (Å²) in [5.41, 5.74) is 3.73. The van der Waals surface area contributed by atoms with Crippen LogP contribution < -0.4 is 0 Å². The van der Waals surface area contributed by atoms with Gasteiger partial charge in [0.1, 0.15) is 12.4 Å². The second kappa shape index (κ2) is 7.23. The van der Waals surface area contributed by atoms with Crippen LogP contribution in [0.3, 0.4) is 0 Å². The molecule has 0 aliphatic heterocycles. The first kappa shape index (κ1) is 17.4. The van der Waals surface area contributed by atoms with Crippen molar-refractivity contribution in [2.45, 2.75) is 20.5 Å². The van der Waals surface area contributed by atoms with E-state index in [0.717, 1.165) is 16.7 Å². The number of carbonyl (C=O) groups is 1. The summed E-state index contributed by atoms with van der Waals surface area (Å²) < 4.78 is 10.9. The van der Waals surface area contributed by atoms with Gasteiger partial charge < -0.3 is 9.15 Å². The monoisotopic (exact) mass is 351 g/mol. The van der Waals surface area contributed by atoms with Crippen molar-refractivity contribution < 1.29 is 18.9 Å². The zero-order chi connectivity index (χ0) is 18.7. The molecule has 6 heteroatoms.